The highest BCUT2D eigenvalue weighted by molar-refractivity contribution is 7.92. The van der Waals surface area contributed by atoms with E-state index in [1.54, 1.807) is 60.8 Å². The predicted molar refractivity (Wildman–Crippen MR) is 218 cm³/mol. The Morgan fingerprint density at radius 2 is 1.54 bits per heavy atom. The van der Waals surface area contributed by atoms with Gasteiger partial charge in [-0.3, -0.25) is 14.3 Å². The van der Waals surface area contributed by atoms with Gasteiger partial charge in [0, 0.05) is 41.3 Å². The van der Waals surface area contributed by atoms with E-state index in [0.29, 0.717) is 45.2 Å². The van der Waals surface area contributed by atoms with Crippen molar-refractivity contribution in [3.05, 3.63) is 96.2 Å². The number of Topliss-reactive ketones (excluding diaryl/α,β-unsaturated/α-hetero) is 1. The maximum atomic E-state index is 13.5. The van der Waals surface area contributed by atoms with E-state index in [-0.39, 0.29) is 40.4 Å². The zero-order valence-corrected chi connectivity index (χ0v) is 32.9. The molecule has 0 saturated carbocycles. The Kier molecular flexibility index (Phi) is 12.4. The highest BCUT2D eigenvalue weighted by Gasteiger charge is 2.23. The smallest absolute Gasteiger partial charge is 0.323 e. The Morgan fingerprint density at radius 1 is 0.839 bits per heavy atom. The van der Waals surface area contributed by atoms with Gasteiger partial charge in [-0.25, -0.2) is 18.2 Å². The molecule has 294 valence electrons. The molecule has 15 nitrogen and oxygen atoms in total. The number of nitrogens with two attached hydrogens (primary N) is 1. The first-order valence-corrected chi connectivity index (χ1v) is 19.3. The van der Waals surface area contributed by atoms with Crippen LogP contribution >= 0.6 is 0 Å². The van der Waals surface area contributed by atoms with Crippen LogP contribution < -0.4 is 45.9 Å². The highest BCUT2D eigenvalue weighted by atomic mass is 32.2. The molecule has 0 aliphatic heterocycles. The van der Waals surface area contributed by atoms with E-state index in [9.17, 15) is 22.8 Å². The Morgan fingerprint density at radius 3 is 2.20 bits per heavy atom. The molecule has 5 aromatic rings. The van der Waals surface area contributed by atoms with Gasteiger partial charge >= 0.3 is 6.03 Å². The fraction of sp³-hybridized carbons (Fsp3) is 0.250. The summed E-state index contributed by atoms with van der Waals surface area (Å²) in [5.41, 5.74) is 7.97. The molecule has 7 N–H and O–H groups in total. The summed E-state index contributed by atoms with van der Waals surface area (Å²) in [6, 6.07) is 21.2. The van der Waals surface area contributed by atoms with Crippen molar-refractivity contribution in [1.29, 1.82) is 0 Å². The summed E-state index contributed by atoms with van der Waals surface area (Å²) in [5, 5.41) is 13.0. The minimum atomic E-state index is -3.65. The van der Waals surface area contributed by atoms with Crippen LogP contribution in [0.4, 0.5) is 33.4 Å². The maximum Gasteiger partial charge on any atom is 0.323 e. The Bertz CT molecular complexity index is 2400. The Labute approximate surface area is 325 Å². The van der Waals surface area contributed by atoms with Crippen molar-refractivity contribution in [2.24, 2.45) is 5.73 Å². The summed E-state index contributed by atoms with van der Waals surface area (Å²) in [7, 11) is -0.810. The summed E-state index contributed by atoms with van der Waals surface area (Å²) in [5.74, 6) is 1.23. The number of aromatic nitrogens is 1. The van der Waals surface area contributed by atoms with Gasteiger partial charge in [0.05, 0.1) is 49.1 Å². The fourth-order valence-electron chi connectivity index (χ4n) is 5.61. The minimum Gasteiger partial charge on any atom is -0.496 e. The number of fused-ring (bicyclic) bond motifs is 1. The molecule has 56 heavy (non-hydrogen) atoms. The van der Waals surface area contributed by atoms with Crippen LogP contribution in [-0.4, -0.2) is 64.2 Å². The van der Waals surface area contributed by atoms with Crippen LogP contribution in [0.2, 0.25) is 0 Å². The molecule has 1 heterocycles. The molecule has 0 bridgehead atoms. The number of benzene rings is 4. The first-order valence-electron chi connectivity index (χ1n) is 17.4. The van der Waals surface area contributed by atoms with E-state index in [1.807, 2.05) is 45.0 Å². The van der Waals surface area contributed by atoms with E-state index < -0.39 is 28.0 Å². The molecule has 0 unspecified atom stereocenters. The molecule has 3 amide bonds. The lowest BCUT2D eigenvalue weighted by molar-refractivity contribution is -0.118. The fourth-order valence-corrected chi connectivity index (χ4v) is 6.16. The summed E-state index contributed by atoms with van der Waals surface area (Å²) in [6.45, 7) is 7.27. The lowest BCUT2D eigenvalue weighted by Crippen LogP contribution is -2.41. The topological polar surface area (TPSA) is 212 Å². The third-order valence-electron chi connectivity index (χ3n) is 8.52. The Hall–Kier alpha value is -6.39. The predicted octanol–water partition coefficient (Wildman–Crippen LogP) is 6.75. The van der Waals surface area contributed by atoms with Gasteiger partial charge in [-0.05, 0) is 60.4 Å². The van der Waals surface area contributed by atoms with Gasteiger partial charge in [-0.2, -0.15) is 0 Å². The summed E-state index contributed by atoms with van der Waals surface area (Å²) in [4.78, 5) is 42.1. The molecular weight excluding hydrogens is 739 g/mol. The van der Waals surface area contributed by atoms with Crippen molar-refractivity contribution in [2.45, 2.75) is 39.2 Å². The third-order valence-corrected chi connectivity index (χ3v) is 9.11. The van der Waals surface area contributed by atoms with Crippen molar-refractivity contribution < 1.29 is 37.0 Å². The first-order chi connectivity index (χ1) is 26.4. The second-order valence-electron chi connectivity index (χ2n) is 13.9. The largest absolute Gasteiger partial charge is 0.496 e. The van der Waals surface area contributed by atoms with E-state index in [1.165, 1.54) is 21.1 Å². The summed E-state index contributed by atoms with van der Waals surface area (Å²) < 4.78 is 44.1. The number of ether oxygens (including phenoxy) is 3. The number of hydrogen-bond acceptors (Lipinski definition) is 11. The van der Waals surface area contributed by atoms with Gasteiger partial charge in [0.25, 0.3) is 5.91 Å². The first kappa shape index (κ1) is 40.8. The summed E-state index contributed by atoms with van der Waals surface area (Å²) >= 11 is 0. The number of ketones is 1. The number of carbonyl (C=O) groups excluding carboxylic acids is 3. The number of hydrogen-bond donors (Lipinski definition) is 6. The number of sulfonamides is 1. The number of pyridine rings is 1. The number of nitrogens with one attached hydrogen (secondary N) is 5. The molecule has 1 aromatic heterocycles. The average Bonchev–Trinajstić information content (AvgIpc) is 3.13. The molecule has 0 spiro atoms. The molecule has 0 saturated heterocycles. The van der Waals surface area contributed by atoms with Gasteiger partial charge in [-0.1, -0.05) is 45.0 Å². The number of carbonyl (C=O) groups is 3. The maximum absolute atomic E-state index is 13.5. The van der Waals surface area contributed by atoms with Gasteiger partial charge < -0.3 is 41.2 Å². The van der Waals surface area contributed by atoms with Crippen molar-refractivity contribution in [3.8, 4) is 23.0 Å². The van der Waals surface area contributed by atoms with Crippen molar-refractivity contribution >= 4 is 67.1 Å². The lowest BCUT2D eigenvalue weighted by Gasteiger charge is -2.24. The second-order valence-corrected chi connectivity index (χ2v) is 15.7. The minimum absolute atomic E-state index is 0.00436. The molecule has 0 aliphatic carbocycles. The quantitative estimate of drug-likeness (QED) is 0.0694. The normalized spacial score (nSPS) is 11.9. The number of rotatable bonds is 14. The number of methoxy groups -OCH3 is 2. The summed E-state index contributed by atoms with van der Waals surface area (Å²) in [6.07, 6.45) is 2.62. The SMILES string of the molecule is COc1cc(Nc2cc(Oc3ccc(NC(=O)Nc4cc(C(C)(C)C)cc(NS(C)(=O)=O)c4OC)c4ccccc34)ccn2)ccc1C(=O)NC[C@H](N)C(C)=O. The Balaban J connectivity index is 1.34. The van der Waals surface area contributed by atoms with Gasteiger partial charge in [0.2, 0.25) is 10.0 Å². The average molecular weight is 784 g/mol. The van der Waals surface area contributed by atoms with Gasteiger partial charge in [0.1, 0.15) is 28.8 Å². The number of anilines is 5. The zero-order chi connectivity index (χ0) is 40.8. The van der Waals surface area contributed by atoms with Crippen LogP contribution in [0.3, 0.4) is 0 Å². The van der Waals surface area contributed by atoms with Gasteiger partial charge in [-0.15, -0.1) is 0 Å². The van der Waals surface area contributed by atoms with Crippen molar-refractivity contribution in [2.75, 3.05) is 47.7 Å². The van der Waals surface area contributed by atoms with E-state index >= 15 is 0 Å². The van der Waals surface area contributed by atoms with Crippen LogP contribution in [-0.2, 0) is 20.2 Å². The third kappa shape index (κ3) is 10.2. The molecule has 16 heteroatoms. The molecule has 5 rings (SSSR count). The lowest BCUT2D eigenvalue weighted by atomic mass is 9.86. The second kappa shape index (κ2) is 17.0. The van der Waals surface area contributed by atoms with Crippen molar-refractivity contribution in [3.63, 3.8) is 0 Å². The van der Waals surface area contributed by atoms with Crippen molar-refractivity contribution in [1.82, 2.24) is 10.3 Å². The van der Waals surface area contributed by atoms with E-state index in [4.69, 9.17) is 19.9 Å². The molecule has 4 aromatic carbocycles. The van der Waals surface area contributed by atoms with E-state index in [0.717, 1.165) is 11.8 Å². The molecular formula is C40H45N7O8S. The molecule has 0 aliphatic rings. The van der Waals surface area contributed by atoms with Crippen LogP contribution in [0.15, 0.2) is 85.1 Å². The molecule has 1 atom stereocenters. The van der Waals surface area contributed by atoms with E-state index in [2.05, 4.69) is 31.0 Å². The highest BCUT2D eigenvalue weighted by Crippen LogP contribution is 2.40. The zero-order valence-electron chi connectivity index (χ0n) is 32.1. The van der Waals surface area contributed by atoms with Crippen LogP contribution in [0.1, 0.15) is 43.6 Å². The molecule has 0 fully saturated rings. The monoisotopic (exact) mass is 783 g/mol. The van der Waals surface area contributed by atoms with Crippen LogP contribution in [0, 0.1) is 0 Å². The van der Waals surface area contributed by atoms with Crippen LogP contribution in [0.5, 0.6) is 23.0 Å². The molecule has 0 radical (unpaired) electrons. The number of urea groups is 1. The van der Waals surface area contributed by atoms with Crippen LogP contribution in [0.25, 0.3) is 10.8 Å². The van der Waals surface area contributed by atoms with Gasteiger partial charge in [0.15, 0.2) is 5.75 Å². The standard InChI is InChI=1S/C40H45N7O8S/c1-23(48)30(41)22-43-38(49)29-13-12-25(20-35(29)53-5)44-36-21-26(16-17-42-36)55-34-15-14-31(27-10-8-9-11-28(27)34)45-39(50)46-32-18-24(40(2,3)4)19-33(37(32)54-6)47-56(7,51)52/h8-21,30,47H,22,41H2,1-7H3,(H,42,44)(H,43,49)(H2,45,46,50)/t30-/m0/s1. The number of nitrogens with zero attached hydrogens (tertiary/aromatic N) is 1. The number of amides is 3.